The molecule has 1 aliphatic rings. The molecule has 0 spiro atoms. The van der Waals surface area contributed by atoms with Crippen LogP contribution in [0.5, 0.6) is 0 Å². The fraction of sp³-hybridized carbons (Fsp3) is 0.500. The van der Waals surface area contributed by atoms with E-state index in [-0.39, 0.29) is 35.9 Å². The summed E-state index contributed by atoms with van der Waals surface area (Å²) in [6.45, 7) is 6.74. The maximum Gasteiger partial charge on any atom is 0.416 e. The van der Waals surface area contributed by atoms with Crippen LogP contribution in [0.4, 0.5) is 13.2 Å². The van der Waals surface area contributed by atoms with Crippen LogP contribution in [0.15, 0.2) is 30.9 Å². The maximum absolute atomic E-state index is 13.4. The molecule has 24 heavy (non-hydrogen) atoms. The minimum absolute atomic E-state index is 0. The van der Waals surface area contributed by atoms with Crippen molar-refractivity contribution < 1.29 is 13.2 Å². The zero-order valence-electron chi connectivity index (χ0n) is 13.1. The average molecular weight is 406 g/mol. The van der Waals surface area contributed by atoms with E-state index in [0.29, 0.717) is 18.4 Å². The molecule has 0 aromatic heterocycles. The van der Waals surface area contributed by atoms with Gasteiger partial charge in [-0.15, -0.1) is 31.4 Å². The third-order valence-electron chi connectivity index (χ3n) is 3.92. The van der Waals surface area contributed by atoms with Crippen molar-refractivity contribution in [1.82, 2.24) is 10.2 Å². The summed E-state index contributed by atoms with van der Waals surface area (Å²) in [5.41, 5.74) is -0.326. The molecule has 1 atom stereocenters. The maximum atomic E-state index is 13.4. The molecule has 1 fully saturated rings. The van der Waals surface area contributed by atoms with E-state index in [1.165, 1.54) is 12.1 Å². The number of alkyl halides is 3. The monoisotopic (exact) mass is 404 g/mol. The highest BCUT2D eigenvalue weighted by atomic mass is 35.5. The summed E-state index contributed by atoms with van der Waals surface area (Å²) in [7, 11) is 0. The van der Waals surface area contributed by atoms with Gasteiger partial charge in [0, 0.05) is 37.2 Å². The van der Waals surface area contributed by atoms with Gasteiger partial charge in [0.05, 0.1) is 5.56 Å². The van der Waals surface area contributed by atoms with E-state index in [1.54, 1.807) is 6.08 Å². The quantitative estimate of drug-likeness (QED) is 0.684. The van der Waals surface area contributed by atoms with Gasteiger partial charge in [-0.25, -0.2) is 0 Å². The van der Waals surface area contributed by atoms with Crippen LogP contribution in [0, 0.1) is 0 Å². The lowest BCUT2D eigenvalue weighted by molar-refractivity contribution is -0.138. The predicted octanol–water partition coefficient (Wildman–Crippen LogP) is 5.11. The Labute approximate surface area is 158 Å². The Morgan fingerprint density at radius 3 is 2.42 bits per heavy atom. The van der Waals surface area contributed by atoms with E-state index in [9.17, 15) is 13.2 Å². The highest BCUT2D eigenvalue weighted by Gasteiger charge is 2.36. The Hall–Kier alpha value is -0.460. The molecule has 0 saturated carbocycles. The summed E-state index contributed by atoms with van der Waals surface area (Å²) >= 11 is 5.78. The third-order valence-corrected chi connectivity index (χ3v) is 4.15. The Morgan fingerprint density at radius 1 is 1.25 bits per heavy atom. The first-order valence-corrected chi connectivity index (χ1v) is 7.73. The van der Waals surface area contributed by atoms with Crippen molar-refractivity contribution in [2.45, 2.75) is 25.1 Å². The number of hydrogen-bond donors (Lipinski definition) is 1. The molecule has 0 amide bonds. The van der Waals surface area contributed by atoms with Gasteiger partial charge in [-0.1, -0.05) is 23.7 Å². The molecule has 1 aromatic carbocycles. The Balaban J connectivity index is 0.00000264. The lowest BCUT2D eigenvalue weighted by atomic mass is 9.94. The number of piperazine rings is 1. The zero-order valence-corrected chi connectivity index (χ0v) is 15.5. The van der Waals surface area contributed by atoms with Gasteiger partial charge in [-0.05, 0) is 30.5 Å². The molecular formula is C16H22Cl3F3N2. The van der Waals surface area contributed by atoms with Gasteiger partial charge in [0.1, 0.15) is 0 Å². The summed E-state index contributed by atoms with van der Waals surface area (Å²) in [5.74, 6) is 0. The van der Waals surface area contributed by atoms with E-state index in [0.717, 1.165) is 32.2 Å². The third kappa shape index (κ3) is 6.12. The molecule has 138 valence electrons. The minimum Gasteiger partial charge on any atom is -0.314 e. The Kier molecular flexibility index (Phi) is 10.3. The molecule has 0 radical (unpaired) electrons. The molecule has 0 unspecified atom stereocenters. The van der Waals surface area contributed by atoms with Crippen LogP contribution in [0.3, 0.4) is 0 Å². The number of halogens is 6. The van der Waals surface area contributed by atoms with Gasteiger partial charge in [-0.2, -0.15) is 13.2 Å². The van der Waals surface area contributed by atoms with Crippen molar-refractivity contribution in [3.8, 4) is 0 Å². The molecule has 1 aromatic rings. The van der Waals surface area contributed by atoms with Gasteiger partial charge in [0.15, 0.2) is 0 Å². The first kappa shape index (κ1) is 23.5. The standard InChI is InChI=1S/C16H20ClF3N2.2ClH/c1-2-3-4-15(22-9-7-21-8-10-22)13-6-5-12(17)11-14(13)16(18,19)20;;/h2,5-6,11,15,21H,1,3-4,7-10H2;2*1H/t15-;;/m0../s1. The first-order chi connectivity index (χ1) is 10.4. The summed E-state index contributed by atoms with van der Waals surface area (Å²) in [5, 5.41) is 3.34. The molecular weight excluding hydrogens is 384 g/mol. The van der Waals surface area contributed by atoms with Gasteiger partial charge in [-0.3, -0.25) is 4.90 Å². The van der Waals surface area contributed by atoms with Gasteiger partial charge in [0.25, 0.3) is 0 Å². The van der Waals surface area contributed by atoms with E-state index >= 15 is 0 Å². The molecule has 1 aliphatic heterocycles. The van der Waals surface area contributed by atoms with Gasteiger partial charge < -0.3 is 5.32 Å². The molecule has 1 N–H and O–H groups in total. The summed E-state index contributed by atoms with van der Waals surface area (Å²) in [6.07, 6.45) is -1.36. The lowest BCUT2D eigenvalue weighted by Gasteiger charge is -2.36. The fourth-order valence-electron chi connectivity index (χ4n) is 2.87. The second-order valence-corrected chi connectivity index (χ2v) is 5.83. The zero-order chi connectivity index (χ0) is 16.2. The molecule has 2 nitrogen and oxygen atoms in total. The molecule has 1 saturated heterocycles. The highest BCUT2D eigenvalue weighted by molar-refractivity contribution is 6.30. The molecule has 1 heterocycles. The van der Waals surface area contributed by atoms with Crippen LogP contribution in [0.1, 0.15) is 30.0 Å². The Morgan fingerprint density at radius 2 is 1.88 bits per heavy atom. The van der Waals surface area contributed by atoms with Gasteiger partial charge in [0.2, 0.25) is 0 Å². The second kappa shape index (κ2) is 10.5. The SMILES string of the molecule is C=CCC[C@@H](c1ccc(Cl)cc1C(F)(F)F)N1CCNCC1.Cl.Cl. The van der Waals surface area contributed by atoms with Crippen molar-refractivity contribution in [2.75, 3.05) is 26.2 Å². The van der Waals surface area contributed by atoms with Crippen molar-refractivity contribution >= 4 is 36.4 Å². The van der Waals surface area contributed by atoms with Crippen molar-refractivity contribution in [2.24, 2.45) is 0 Å². The highest BCUT2D eigenvalue weighted by Crippen LogP contribution is 2.39. The molecule has 2 rings (SSSR count). The van der Waals surface area contributed by atoms with E-state index in [1.807, 2.05) is 0 Å². The Bertz CT molecular complexity index is 518. The van der Waals surface area contributed by atoms with E-state index in [4.69, 9.17) is 11.6 Å². The summed E-state index contributed by atoms with van der Waals surface area (Å²) in [4.78, 5) is 2.11. The summed E-state index contributed by atoms with van der Waals surface area (Å²) in [6, 6.07) is 3.81. The van der Waals surface area contributed by atoms with Crippen molar-refractivity contribution in [1.29, 1.82) is 0 Å². The molecule has 0 bridgehead atoms. The van der Waals surface area contributed by atoms with Crippen LogP contribution >= 0.6 is 36.4 Å². The predicted molar refractivity (Wildman–Crippen MR) is 97.6 cm³/mol. The lowest BCUT2D eigenvalue weighted by Crippen LogP contribution is -2.45. The topological polar surface area (TPSA) is 15.3 Å². The van der Waals surface area contributed by atoms with Gasteiger partial charge >= 0.3 is 6.18 Å². The number of nitrogens with zero attached hydrogens (tertiary/aromatic N) is 1. The first-order valence-electron chi connectivity index (χ1n) is 7.36. The molecule has 8 heteroatoms. The summed E-state index contributed by atoms with van der Waals surface area (Å²) < 4.78 is 40.1. The average Bonchev–Trinajstić information content (AvgIpc) is 2.49. The number of rotatable bonds is 5. The van der Waals surface area contributed by atoms with Crippen molar-refractivity contribution in [3.63, 3.8) is 0 Å². The van der Waals surface area contributed by atoms with Crippen LogP contribution < -0.4 is 5.32 Å². The number of benzene rings is 1. The number of hydrogen-bond acceptors (Lipinski definition) is 2. The molecule has 0 aliphatic carbocycles. The fourth-order valence-corrected chi connectivity index (χ4v) is 3.04. The largest absolute Gasteiger partial charge is 0.416 e. The van der Waals surface area contributed by atoms with Crippen LogP contribution in [-0.4, -0.2) is 31.1 Å². The normalized spacial score (nSPS) is 16.7. The van der Waals surface area contributed by atoms with Crippen molar-refractivity contribution in [3.05, 3.63) is 47.0 Å². The van der Waals surface area contributed by atoms with E-state index < -0.39 is 11.7 Å². The van der Waals surface area contributed by atoms with Crippen LogP contribution in [0.25, 0.3) is 0 Å². The van der Waals surface area contributed by atoms with E-state index in [2.05, 4.69) is 16.8 Å². The second-order valence-electron chi connectivity index (χ2n) is 5.40. The van der Waals surface area contributed by atoms with Crippen LogP contribution in [-0.2, 0) is 6.18 Å². The number of allylic oxidation sites excluding steroid dienone is 1. The minimum atomic E-state index is -4.40. The van der Waals surface area contributed by atoms with Crippen LogP contribution in [0.2, 0.25) is 5.02 Å². The number of nitrogens with one attached hydrogen (secondary N) is 1. The smallest absolute Gasteiger partial charge is 0.314 e.